The van der Waals surface area contributed by atoms with E-state index < -0.39 is 0 Å². The van der Waals surface area contributed by atoms with Gasteiger partial charge in [-0.1, -0.05) is 30.7 Å². The van der Waals surface area contributed by atoms with Crippen molar-refractivity contribution in [2.45, 2.75) is 45.4 Å². The van der Waals surface area contributed by atoms with Crippen LogP contribution in [0.5, 0.6) is 5.75 Å². The average molecular weight is 244 g/mol. The van der Waals surface area contributed by atoms with Gasteiger partial charge in [-0.3, -0.25) is 0 Å². The van der Waals surface area contributed by atoms with Crippen molar-refractivity contribution in [2.75, 3.05) is 7.11 Å². The molecule has 0 aliphatic heterocycles. The van der Waals surface area contributed by atoms with Crippen molar-refractivity contribution in [1.29, 1.82) is 0 Å². The summed E-state index contributed by atoms with van der Waals surface area (Å²) in [7, 11) is 1.71. The molecule has 98 valence electrons. The highest BCUT2D eigenvalue weighted by atomic mass is 16.5. The first kappa shape index (κ1) is 13.2. The monoisotopic (exact) mass is 244 g/mol. The molecule has 1 nitrogen and oxygen atoms in total. The number of benzene rings is 1. The van der Waals surface area contributed by atoms with E-state index in [0.29, 0.717) is 0 Å². The van der Waals surface area contributed by atoms with Crippen molar-refractivity contribution in [3.05, 3.63) is 41.5 Å². The van der Waals surface area contributed by atoms with Gasteiger partial charge in [0.05, 0.1) is 7.11 Å². The number of ether oxygens (including phenoxy) is 1. The molecule has 0 unspecified atom stereocenters. The number of allylic oxidation sites excluding steroid dienone is 2. The van der Waals surface area contributed by atoms with E-state index in [1.807, 2.05) is 0 Å². The Morgan fingerprint density at radius 2 is 1.94 bits per heavy atom. The summed E-state index contributed by atoms with van der Waals surface area (Å²) < 4.78 is 5.18. The first-order valence-corrected chi connectivity index (χ1v) is 7.11. The summed E-state index contributed by atoms with van der Waals surface area (Å²) in [6, 6.07) is 8.47. The molecule has 0 bridgehead atoms. The number of aryl methyl sites for hydroxylation is 1. The molecule has 1 heteroatoms. The lowest BCUT2D eigenvalue weighted by molar-refractivity contribution is 0.414. The number of hydrogen-bond acceptors (Lipinski definition) is 1. The van der Waals surface area contributed by atoms with Gasteiger partial charge in [0.25, 0.3) is 0 Å². The minimum absolute atomic E-state index is 0.743. The molecule has 0 amide bonds. The molecular weight excluding hydrogens is 220 g/mol. The zero-order valence-corrected chi connectivity index (χ0v) is 11.6. The van der Waals surface area contributed by atoms with Gasteiger partial charge >= 0.3 is 0 Å². The molecule has 1 atom stereocenters. The number of hydrogen-bond donors (Lipinski definition) is 0. The van der Waals surface area contributed by atoms with Crippen LogP contribution in [0.25, 0.3) is 0 Å². The molecule has 0 saturated carbocycles. The summed E-state index contributed by atoms with van der Waals surface area (Å²) in [6.45, 7) is 2.38. The minimum atomic E-state index is 0.743. The predicted octanol–water partition coefficient (Wildman–Crippen LogP) is 4.76. The van der Waals surface area contributed by atoms with Crippen LogP contribution in [0.15, 0.2) is 35.9 Å². The van der Waals surface area contributed by atoms with Gasteiger partial charge in [0.2, 0.25) is 0 Å². The third kappa shape index (κ3) is 3.63. The zero-order valence-electron chi connectivity index (χ0n) is 11.6. The summed E-state index contributed by atoms with van der Waals surface area (Å²) in [5.41, 5.74) is 3.11. The standard InChI is InChI=1S/C17H24O/c1-14(16-6-4-3-5-7-16)8-9-15-10-12-17(18-2)13-11-15/h6,10-14H,3-5,7-9H2,1-2H3/t14-/m1/s1. The first-order chi connectivity index (χ1) is 8.79. The van der Waals surface area contributed by atoms with Crippen LogP contribution in [-0.4, -0.2) is 7.11 Å². The maximum atomic E-state index is 5.18. The van der Waals surface area contributed by atoms with E-state index in [0.717, 1.165) is 11.7 Å². The highest BCUT2D eigenvalue weighted by Crippen LogP contribution is 2.27. The molecule has 18 heavy (non-hydrogen) atoms. The topological polar surface area (TPSA) is 9.23 Å². The van der Waals surface area contributed by atoms with Crippen molar-refractivity contribution >= 4 is 0 Å². The molecule has 0 N–H and O–H groups in total. The van der Waals surface area contributed by atoms with E-state index in [4.69, 9.17) is 4.74 Å². The Hall–Kier alpha value is -1.24. The summed E-state index contributed by atoms with van der Waals surface area (Å²) in [6.07, 6.45) is 10.3. The lowest BCUT2D eigenvalue weighted by Crippen LogP contribution is -2.04. The summed E-state index contributed by atoms with van der Waals surface area (Å²) in [5, 5.41) is 0. The lowest BCUT2D eigenvalue weighted by Gasteiger charge is -2.19. The SMILES string of the molecule is COc1ccc(CC[C@@H](C)C2=CCCCC2)cc1. The number of rotatable bonds is 5. The molecular formula is C17H24O. The van der Waals surface area contributed by atoms with Gasteiger partial charge in [-0.15, -0.1) is 0 Å². The second kappa shape index (κ2) is 6.63. The third-order valence-corrected chi connectivity index (χ3v) is 3.98. The van der Waals surface area contributed by atoms with E-state index in [-0.39, 0.29) is 0 Å². The van der Waals surface area contributed by atoms with Crippen LogP contribution in [0.4, 0.5) is 0 Å². The van der Waals surface area contributed by atoms with Crippen LogP contribution < -0.4 is 4.74 Å². The van der Waals surface area contributed by atoms with Crippen molar-refractivity contribution < 1.29 is 4.74 Å². The maximum Gasteiger partial charge on any atom is 0.118 e. The molecule has 0 fully saturated rings. The van der Waals surface area contributed by atoms with E-state index in [1.165, 1.54) is 44.1 Å². The molecule has 1 aromatic rings. The Balaban J connectivity index is 1.84. The van der Waals surface area contributed by atoms with Gasteiger partial charge in [0, 0.05) is 0 Å². The van der Waals surface area contributed by atoms with Crippen molar-refractivity contribution in [1.82, 2.24) is 0 Å². The van der Waals surface area contributed by atoms with E-state index in [9.17, 15) is 0 Å². The van der Waals surface area contributed by atoms with Crippen molar-refractivity contribution in [3.8, 4) is 5.75 Å². The largest absolute Gasteiger partial charge is 0.497 e. The molecule has 1 aromatic carbocycles. The normalized spacial score (nSPS) is 17.1. The van der Waals surface area contributed by atoms with Crippen LogP contribution in [0.1, 0.15) is 44.6 Å². The molecule has 1 aliphatic rings. The molecule has 1 aliphatic carbocycles. The van der Waals surface area contributed by atoms with E-state index >= 15 is 0 Å². The Kier molecular flexibility index (Phi) is 4.86. The van der Waals surface area contributed by atoms with Gasteiger partial charge in [-0.2, -0.15) is 0 Å². The van der Waals surface area contributed by atoms with Crippen LogP contribution in [0, 0.1) is 5.92 Å². The van der Waals surface area contributed by atoms with Gasteiger partial charge in [-0.25, -0.2) is 0 Å². The molecule has 2 rings (SSSR count). The Morgan fingerprint density at radius 1 is 1.17 bits per heavy atom. The lowest BCUT2D eigenvalue weighted by atomic mass is 9.87. The molecule has 0 heterocycles. The molecule has 0 saturated heterocycles. The quantitative estimate of drug-likeness (QED) is 0.678. The second-order valence-electron chi connectivity index (χ2n) is 5.31. The van der Waals surface area contributed by atoms with Gasteiger partial charge in [-0.05, 0) is 62.1 Å². The smallest absolute Gasteiger partial charge is 0.118 e. The molecule has 0 spiro atoms. The maximum absolute atomic E-state index is 5.18. The first-order valence-electron chi connectivity index (χ1n) is 7.11. The fourth-order valence-electron chi connectivity index (χ4n) is 2.67. The predicted molar refractivity (Wildman–Crippen MR) is 77.0 cm³/mol. The highest BCUT2D eigenvalue weighted by molar-refractivity contribution is 5.27. The molecule has 0 radical (unpaired) electrons. The van der Waals surface area contributed by atoms with Crippen LogP contribution >= 0.6 is 0 Å². The number of methoxy groups -OCH3 is 1. The highest BCUT2D eigenvalue weighted by Gasteiger charge is 2.11. The Morgan fingerprint density at radius 3 is 2.56 bits per heavy atom. The van der Waals surface area contributed by atoms with Crippen LogP contribution in [0.3, 0.4) is 0 Å². The summed E-state index contributed by atoms with van der Waals surface area (Å²) in [4.78, 5) is 0. The fourth-order valence-corrected chi connectivity index (χ4v) is 2.67. The van der Waals surface area contributed by atoms with Gasteiger partial charge in [0.1, 0.15) is 5.75 Å². The fraction of sp³-hybridized carbons (Fsp3) is 0.529. The van der Waals surface area contributed by atoms with Crippen molar-refractivity contribution in [2.24, 2.45) is 5.92 Å². The third-order valence-electron chi connectivity index (χ3n) is 3.98. The van der Waals surface area contributed by atoms with E-state index in [1.54, 1.807) is 12.7 Å². The van der Waals surface area contributed by atoms with Gasteiger partial charge in [0.15, 0.2) is 0 Å². The molecule has 0 aromatic heterocycles. The second-order valence-corrected chi connectivity index (χ2v) is 5.31. The minimum Gasteiger partial charge on any atom is -0.497 e. The zero-order chi connectivity index (χ0) is 12.8. The van der Waals surface area contributed by atoms with Gasteiger partial charge < -0.3 is 4.74 Å². The average Bonchev–Trinajstić information content (AvgIpc) is 2.46. The summed E-state index contributed by atoms with van der Waals surface area (Å²) >= 11 is 0. The Bertz CT molecular complexity index is 389. The van der Waals surface area contributed by atoms with Crippen molar-refractivity contribution in [3.63, 3.8) is 0 Å². The van der Waals surface area contributed by atoms with E-state index in [2.05, 4.69) is 37.3 Å². The summed E-state index contributed by atoms with van der Waals surface area (Å²) in [5.74, 6) is 1.69. The van der Waals surface area contributed by atoms with Crippen LogP contribution in [-0.2, 0) is 6.42 Å². The van der Waals surface area contributed by atoms with Crippen LogP contribution in [0.2, 0.25) is 0 Å². The Labute approximate surface area is 111 Å².